The van der Waals surface area contributed by atoms with E-state index in [4.69, 9.17) is 16.3 Å². The Labute approximate surface area is 128 Å². The van der Waals surface area contributed by atoms with Crippen molar-refractivity contribution >= 4 is 28.3 Å². The van der Waals surface area contributed by atoms with Gasteiger partial charge in [0.15, 0.2) is 0 Å². The van der Waals surface area contributed by atoms with Crippen LogP contribution < -0.4 is 4.74 Å². The number of hydrogen-bond acceptors (Lipinski definition) is 4. The molecule has 2 aromatic rings. The van der Waals surface area contributed by atoms with Crippen molar-refractivity contribution < 1.29 is 9.53 Å². The maximum Gasteiger partial charge on any atom is 0.147 e. The van der Waals surface area contributed by atoms with Gasteiger partial charge in [-0.1, -0.05) is 11.6 Å². The van der Waals surface area contributed by atoms with Gasteiger partial charge in [-0.15, -0.1) is 0 Å². The van der Waals surface area contributed by atoms with E-state index >= 15 is 0 Å². The first-order chi connectivity index (χ1) is 10.0. The van der Waals surface area contributed by atoms with Gasteiger partial charge in [-0.2, -0.15) is 0 Å². The molecule has 2 heterocycles. The number of hydrogen-bond donors (Lipinski definition) is 0. The number of fused-ring (bicyclic) bond motifs is 1. The third kappa shape index (κ3) is 2.87. The number of ketones is 1. The van der Waals surface area contributed by atoms with E-state index in [1.54, 1.807) is 13.1 Å². The maximum absolute atomic E-state index is 11.6. The van der Waals surface area contributed by atoms with Crippen LogP contribution >= 0.6 is 11.6 Å². The van der Waals surface area contributed by atoms with E-state index in [0.717, 1.165) is 29.6 Å². The molecule has 1 aliphatic rings. The zero-order chi connectivity index (χ0) is 15.0. The molecule has 21 heavy (non-hydrogen) atoms. The first-order valence-electron chi connectivity index (χ1n) is 6.96. The van der Waals surface area contributed by atoms with Gasteiger partial charge in [0.25, 0.3) is 0 Å². The number of ether oxygens (including phenoxy) is 1. The monoisotopic (exact) mass is 304 g/mol. The van der Waals surface area contributed by atoms with Crippen molar-refractivity contribution in [2.75, 3.05) is 13.6 Å². The highest BCUT2D eigenvalue weighted by atomic mass is 35.5. The van der Waals surface area contributed by atoms with Crippen LogP contribution in [0, 0.1) is 0 Å². The lowest BCUT2D eigenvalue weighted by Crippen LogP contribution is -2.31. The van der Waals surface area contributed by atoms with E-state index in [1.807, 2.05) is 36.2 Å². The minimum absolute atomic E-state index is 0.0187. The summed E-state index contributed by atoms with van der Waals surface area (Å²) >= 11 is 5.99. The predicted molar refractivity (Wildman–Crippen MR) is 82.9 cm³/mol. The number of carbonyl (C=O) groups excluding carboxylic acids is 1. The highest BCUT2D eigenvalue weighted by Gasteiger charge is 2.33. The van der Waals surface area contributed by atoms with Gasteiger partial charge in [-0.3, -0.25) is 14.7 Å². The summed E-state index contributed by atoms with van der Waals surface area (Å²) in [5, 5.41) is 1.60. The SMILES string of the molecule is CC(=O)C1CC(Oc2ccnc3cc(Cl)ccc23)CN1C. The van der Waals surface area contributed by atoms with Gasteiger partial charge in [0.1, 0.15) is 17.6 Å². The summed E-state index contributed by atoms with van der Waals surface area (Å²) in [6.07, 6.45) is 2.46. The number of aromatic nitrogens is 1. The minimum atomic E-state index is -0.0439. The fourth-order valence-electron chi connectivity index (χ4n) is 2.89. The van der Waals surface area contributed by atoms with Crippen LogP contribution in [0.3, 0.4) is 0 Å². The average Bonchev–Trinajstić information content (AvgIpc) is 2.79. The third-order valence-electron chi connectivity index (χ3n) is 3.94. The summed E-state index contributed by atoms with van der Waals surface area (Å²) in [5.41, 5.74) is 0.814. The largest absolute Gasteiger partial charge is 0.488 e. The third-order valence-corrected chi connectivity index (χ3v) is 4.17. The van der Waals surface area contributed by atoms with Crippen molar-refractivity contribution in [2.24, 2.45) is 0 Å². The predicted octanol–water partition coefficient (Wildman–Crippen LogP) is 2.93. The minimum Gasteiger partial charge on any atom is -0.488 e. The average molecular weight is 305 g/mol. The van der Waals surface area contributed by atoms with Crippen molar-refractivity contribution in [2.45, 2.75) is 25.5 Å². The molecule has 0 aliphatic carbocycles. The first kappa shape index (κ1) is 14.3. The second-order valence-electron chi connectivity index (χ2n) is 5.51. The summed E-state index contributed by atoms with van der Waals surface area (Å²) in [4.78, 5) is 17.9. The topological polar surface area (TPSA) is 42.4 Å². The number of likely N-dealkylation sites (tertiary alicyclic amines) is 1. The molecular formula is C16H17ClN2O2. The highest BCUT2D eigenvalue weighted by Crippen LogP contribution is 2.29. The molecule has 0 radical (unpaired) electrons. The van der Waals surface area contributed by atoms with Crippen LogP contribution in [0.2, 0.25) is 5.02 Å². The van der Waals surface area contributed by atoms with Gasteiger partial charge in [-0.25, -0.2) is 0 Å². The Morgan fingerprint density at radius 1 is 1.43 bits per heavy atom. The van der Waals surface area contributed by atoms with Gasteiger partial charge < -0.3 is 4.74 Å². The lowest BCUT2D eigenvalue weighted by atomic mass is 10.1. The molecule has 0 N–H and O–H groups in total. The fourth-order valence-corrected chi connectivity index (χ4v) is 3.06. The van der Waals surface area contributed by atoms with Crippen LogP contribution in [0.4, 0.5) is 0 Å². The van der Waals surface area contributed by atoms with E-state index < -0.39 is 0 Å². The fraction of sp³-hybridized carbons (Fsp3) is 0.375. The van der Waals surface area contributed by atoms with Crippen molar-refractivity contribution in [3.8, 4) is 5.75 Å². The number of carbonyl (C=O) groups is 1. The standard InChI is InChI=1S/C16H17ClN2O2/c1-10(20)15-8-12(9-19(15)2)21-16-5-6-18-14-7-11(17)3-4-13(14)16/h3-7,12,15H,8-9H2,1-2H3. The van der Waals surface area contributed by atoms with Gasteiger partial charge in [0.2, 0.25) is 0 Å². The molecule has 110 valence electrons. The molecule has 0 spiro atoms. The summed E-state index contributed by atoms with van der Waals surface area (Å²) in [6, 6.07) is 7.39. The van der Waals surface area contributed by atoms with Crippen LogP contribution in [0.15, 0.2) is 30.5 Å². The number of pyridine rings is 1. The van der Waals surface area contributed by atoms with Crippen molar-refractivity contribution in [3.05, 3.63) is 35.5 Å². The van der Waals surface area contributed by atoms with Gasteiger partial charge >= 0.3 is 0 Å². The Bertz CT molecular complexity index is 689. The molecule has 0 amide bonds. The Morgan fingerprint density at radius 3 is 2.95 bits per heavy atom. The van der Waals surface area contributed by atoms with Crippen LogP contribution in [0.25, 0.3) is 10.9 Å². The molecule has 1 aromatic heterocycles. The number of likely N-dealkylation sites (N-methyl/N-ethyl adjacent to an activating group) is 1. The summed E-state index contributed by atoms with van der Waals surface area (Å²) in [7, 11) is 1.96. The van der Waals surface area contributed by atoms with E-state index in [1.165, 1.54) is 0 Å². The molecule has 1 aliphatic heterocycles. The quantitative estimate of drug-likeness (QED) is 0.874. The molecule has 5 heteroatoms. The Hall–Kier alpha value is -1.65. The van der Waals surface area contributed by atoms with Crippen molar-refractivity contribution in [1.29, 1.82) is 0 Å². The van der Waals surface area contributed by atoms with Crippen molar-refractivity contribution in [1.82, 2.24) is 9.88 Å². The van der Waals surface area contributed by atoms with E-state index in [-0.39, 0.29) is 17.9 Å². The molecular weight excluding hydrogens is 288 g/mol. The molecule has 1 fully saturated rings. The molecule has 4 nitrogen and oxygen atoms in total. The van der Waals surface area contributed by atoms with E-state index in [9.17, 15) is 4.79 Å². The Kier molecular flexibility index (Phi) is 3.83. The van der Waals surface area contributed by atoms with Crippen molar-refractivity contribution in [3.63, 3.8) is 0 Å². The number of nitrogens with zero attached hydrogens (tertiary/aromatic N) is 2. The number of halogens is 1. The number of Topliss-reactive ketones (excluding diaryl/α,β-unsaturated/α-hetero) is 1. The highest BCUT2D eigenvalue weighted by molar-refractivity contribution is 6.31. The van der Waals surface area contributed by atoms with Gasteiger partial charge in [-0.05, 0) is 38.2 Å². The molecule has 2 atom stereocenters. The molecule has 2 unspecified atom stereocenters. The maximum atomic E-state index is 11.6. The molecule has 0 bridgehead atoms. The van der Waals surface area contributed by atoms with Crippen LogP contribution in [-0.4, -0.2) is 41.4 Å². The van der Waals surface area contributed by atoms with E-state index in [0.29, 0.717) is 5.02 Å². The van der Waals surface area contributed by atoms with Crippen LogP contribution in [0.5, 0.6) is 5.75 Å². The zero-order valence-corrected chi connectivity index (χ0v) is 12.8. The number of rotatable bonds is 3. The lowest BCUT2D eigenvalue weighted by molar-refractivity contribution is -0.120. The molecule has 3 rings (SSSR count). The number of benzene rings is 1. The Morgan fingerprint density at radius 2 is 2.24 bits per heavy atom. The van der Waals surface area contributed by atoms with Crippen LogP contribution in [-0.2, 0) is 4.79 Å². The van der Waals surface area contributed by atoms with Gasteiger partial charge in [0, 0.05) is 29.6 Å². The van der Waals surface area contributed by atoms with Gasteiger partial charge in [0.05, 0.1) is 11.6 Å². The molecule has 1 aromatic carbocycles. The van der Waals surface area contributed by atoms with E-state index in [2.05, 4.69) is 4.98 Å². The second-order valence-corrected chi connectivity index (χ2v) is 5.95. The summed E-state index contributed by atoms with van der Waals surface area (Å²) in [5.74, 6) is 0.981. The summed E-state index contributed by atoms with van der Waals surface area (Å²) < 4.78 is 6.10. The Balaban J connectivity index is 1.84. The molecule has 0 saturated carbocycles. The zero-order valence-electron chi connectivity index (χ0n) is 12.0. The summed E-state index contributed by atoms with van der Waals surface area (Å²) in [6.45, 7) is 2.38. The lowest BCUT2D eigenvalue weighted by Gasteiger charge is -2.15. The smallest absolute Gasteiger partial charge is 0.147 e. The molecule has 1 saturated heterocycles. The first-order valence-corrected chi connectivity index (χ1v) is 7.34. The normalized spacial score (nSPS) is 22.6. The van der Waals surface area contributed by atoms with Crippen LogP contribution in [0.1, 0.15) is 13.3 Å². The second kappa shape index (κ2) is 5.62.